The smallest absolute Gasteiger partial charge is 0.328 e. The first-order valence-corrected chi connectivity index (χ1v) is 8.93. The van der Waals surface area contributed by atoms with Crippen LogP contribution < -0.4 is 0 Å². The fourth-order valence-electron chi connectivity index (χ4n) is 2.96. The van der Waals surface area contributed by atoms with Gasteiger partial charge in [0, 0.05) is 36.2 Å². The van der Waals surface area contributed by atoms with E-state index in [1.807, 2.05) is 18.5 Å². The molecule has 0 amide bonds. The lowest BCUT2D eigenvalue weighted by molar-refractivity contribution is -0.134. The molecule has 1 aromatic heterocycles. The maximum atomic E-state index is 9.55. The van der Waals surface area contributed by atoms with Crippen LogP contribution in [-0.4, -0.2) is 50.7 Å². The predicted octanol–water partition coefficient (Wildman–Crippen LogP) is 3.59. The van der Waals surface area contributed by atoms with Crippen LogP contribution in [0.1, 0.15) is 24.4 Å². The standard InChI is InChI=1S/C16H17ClN2O.C4H4O4/c1-19-6-2-3-15(19)13-7-12(9-18-10-13)11-4-5-16(20)14(17)8-11;5-3(6)1-2-4(7)8/h4-5,7-10,15,20H,2-3,6H2,1H3;1-2H,(H,5,6)(H,7,8)/b;2-1+. The molecule has 1 atom stereocenters. The number of likely N-dealkylation sites (tertiary alicyclic amines) is 1. The van der Waals surface area contributed by atoms with Crippen LogP contribution >= 0.6 is 11.6 Å². The molecule has 3 N–H and O–H groups in total. The van der Waals surface area contributed by atoms with Gasteiger partial charge in [0.05, 0.1) is 5.02 Å². The van der Waals surface area contributed by atoms with Gasteiger partial charge in [0.2, 0.25) is 0 Å². The minimum absolute atomic E-state index is 0.107. The van der Waals surface area contributed by atoms with Crippen molar-refractivity contribution < 1.29 is 24.9 Å². The average Bonchev–Trinajstić information content (AvgIpc) is 3.09. The molecule has 0 radical (unpaired) electrons. The Morgan fingerprint density at radius 1 is 1.14 bits per heavy atom. The van der Waals surface area contributed by atoms with E-state index >= 15 is 0 Å². The highest BCUT2D eigenvalue weighted by atomic mass is 35.5. The van der Waals surface area contributed by atoms with Crippen LogP contribution in [0.2, 0.25) is 5.02 Å². The van der Waals surface area contributed by atoms with Crippen LogP contribution in [0.5, 0.6) is 5.75 Å². The summed E-state index contributed by atoms with van der Waals surface area (Å²) in [5.41, 5.74) is 3.25. The third kappa shape index (κ3) is 6.07. The summed E-state index contributed by atoms with van der Waals surface area (Å²) >= 11 is 5.98. The summed E-state index contributed by atoms with van der Waals surface area (Å²) in [5, 5.41) is 25.5. The molecule has 1 aromatic carbocycles. The molecule has 8 heteroatoms. The monoisotopic (exact) mass is 404 g/mol. The molecule has 148 valence electrons. The molecule has 1 aliphatic heterocycles. The maximum Gasteiger partial charge on any atom is 0.328 e. The second-order valence-electron chi connectivity index (χ2n) is 6.32. The Balaban J connectivity index is 0.000000300. The van der Waals surface area contributed by atoms with Gasteiger partial charge in [0.15, 0.2) is 0 Å². The average molecular weight is 405 g/mol. The summed E-state index contributed by atoms with van der Waals surface area (Å²) in [6.07, 6.45) is 7.30. The minimum Gasteiger partial charge on any atom is -0.506 e. The van der Waals surface area contributed by atoms with E-state index in [0.717, 1.165) is 17.7 Å². The third-order valence-corrected chi connectivity index (χ3v) is 4.62. The molecule has 2 aromatic rings. The lowest BCUT2D eigenvalue weighted by Gasteiger charge is -2.20. The molecule has 1 unspecified atom stereocenters. The Labute approximate surface area is 167 Å². The number of phenolic OH excluding ortho intramolecular Hbond substituents is 1. The predicted molar refractivity (Wildman–Crippen MR) is 105 cm³/mol. The highest BCUT2D eigenvalue weighted by Crippen LogP contribution is 2.33. The molecule has 7 nitrogen and oxygen atoms in total. The second-order valence-corrected chi connectivity index (χ2v) is 6.73. The van der Waals surface area contributed by atoms with Crippen molar-refractivity contribution in [3.05, 3.63) is 59.4 Å². The largest absolute Gasteiger partial charge is 0.506 e. The molecular formula is C20H21ClN2O5. The number of carbonyl (C=O) groups is 2. The first kappa shape index (κ1) is 21.4. The highest BCUT2D eigenvalue weighted by molar-refractivity contribution is 6.32. The van der Waals surface area contributed by atoms with Crippen molar-refractivity contribution in [3.63, 3.8) is 0 Å². The number of aliphatic carboxylic acids is 2. The van der Waals surface area contributed by atoms with Gasteiger partial charge in [0.1, 0.15) is 5.75 Å². The summed E-state index contributed by atoms with van der Waals surface area (Å²) in [6, 6.07) is 7.88. The number of hydrogen-bond donors (Lipinski definition) is 3. The second kappa shape index (κ2) is 9.87. The molecule has 0 bridgehead atoms. The number of benzene rings is 1. The SMILES string of the molecule is CN1CCCC1c1cncc(-c2ccc(O)c(Cl)c2)c1.O=C(O)/C=C/C(=O)O. The molecule has 1 saturated heterocycles. The number of carboxylic acids is 2. The Bertz CT molecular complexity index is 869. The van der Waals surface area contributed by atoms with Gasteiger partial charge in [-0.25, -0.2) is 9.59 Å². The summed E-state index contributed by atoms with van der Waals surface area (Å²) in [4.78, 5) is 25.8. The van der Waals surface area contributed by atoms with Crippen molar-refractivity contribution in [1.82, 2.24) is 9.88 Å². The van der Waals surface area contributed by atoms with Gasteiger partial charge >= 0.3 is 11.9 Å². The van der Waals surface area contributed by atoms with Crippen LogP contribution in [0.4, 0.5) is 0 Å². The van der Waals surface area contributed by atoms with Crippen LogP contribution in [0.3, 0.4) is 0 Å². The first-order chi connectivity index (χ1) is 13.3. The summed E-state index contributed by atoms with van der Waals surface area (Å²) in [5.74, 6) is -2.41. The Kier molecular flexibility index (Phi) is 7.54. The van der Waals surface area contributed by atoms with Gasteiger partial charge in [-0.05, 0) is 55.8 Å². The lowest BCUT2D eigenvalue weighted by Crippen LogP contribution is -2.17. The van der Waals surface area contributed by atoms with Crippen LogP contribution in [0.25, 0.3) is 11.1 Å². The van der Waals surface area contributed by atoms with E-state index in [2.05, 4.69) is 23.0 Å². The van der Waals surface area contributed by atoms with Gasteiger partial charge in [-0.15, -0.1) is 0 Å². The van der Waals surface area contributed by atoms with E-state index in [0.29, 0.717) is 23.2 Å². The molecule has 0 aliphatic carbocycles. The number of aromatic nitrogens is 1. The number of nitrogens with zero attached hydrogens (tertiary/aromatic N) is 2. The summed E-state index contributed by atoms with van der Waals surface area (Å²) < 4.78 is 0. The summed E-state index contributed by atoms with van der Waals surface area (Å²) in [6.45, 7) is 1.14. The quantitative estimate of drug-likeness (QED) is 0.667. The molecular weight excluding hydrogens is 384 g/mol. The fraction of sp³-hybridized carbons (Fsp3) is 0.250. The van der Waals surface area contributed by atoms with E-state index in [-0.39, 0.29) is 5.75 Å². The Morgan fingerprint density at radius 2 is 1.82 bits per heavy atom. The van der Waals surface area contributed by atoms with Crippen LogP contribution in [0, 0.1) is 0 Å². The maximum absolute atomic E-state index is 9.55. The zero-order valence-electron chi connectivity index (χ0n) is 15.2. The van der Waals surface area contributed by atoms with E-state index in [9.17, 15) is 14.7 Å². The number of halogens is 1. The van der Waals surface area contributed by atoms with Crippen molar-refractivity contribution in [2.45, 2.75) is 18.9 Å². The topological polar surface area (TPSA) is 111 Å². The van der Waals surface area contributed by atoms with Crippen molar-refractivity contribution in [3.8, 4) is 16.9 Å². The van der Waals surface area contributed by atoms with Crippen molar-refractivity contribution in [2.24, 2.45) is 0 Å². The zero-order chi connectivity index (χ0) is 20.7. The van der Waals surface area contributed by atoms with Gasteiger partial charge in [0.25, 0.3) is 0 Å². The zero-order valence-corrected chi connectivity index (χ0v) is 16.0. The number of phenols is 1. The lowest BCUT2D eigenvalue weighted by atomic mass is 10.0. The molecule has 0 saturated carbocycles. The summed E-state index contributed by atoms with van der Waals surface area (Å²) in [7, 11) is 2.15. The molecule has 2 heterocycles. The third-order valence-electron chi connectivity index (χ3n) is 4.31. The molecule has 3 rings (SSSR count). The van der Waals surface area contributed by atoms with E-state index in [1.165, 1.54) is 18.4 Å². The highest BCUT2D eigenvalue weighted by Gasteiger charge is 2.23. The van der Waals surface area contributed by atoms with Gasteiger partial charge in [-0.1, -0.05) is 17.7 Å². The normalized spacial score (nSPS) is 16.6. The Hall–Kier alpha value is -2.90. The number of hydrogen-bond acceptors (Lipinski definition) is 5. The number of pyridine rings is 1. The van der Waals surface area contributed by atoms with Gasteiger partial charge < -0.3 is 15.3 Å². The molecule has 1 fully saturated rings. The van der Waals surface area contributed by atoms with Crippen molar-refractivity contribution in [1.29, 1.82) is 0 Å². The molecule has 0 spiro atoms. The molecule has 1 aliphatic rings. The van der Waals surface area contributed by atoms with Gasteiger partial charge in [-0.3, -0.25) is 9.88 Å². The first-order valence-electron chi connectivity index (χ1n) is 8.56. The number of carboxylic acid groups (broad SMARTS) is 2. The minimum atomic E-state index is -1.26. The fourth-order valence-corrected chi connectivity index (χ4v) is 3.14. The Morgan fingerprint density at radius 3 is 2.36 bits per heavy atom. The number of rotatable bonds is 4. The van der Waals surface area contributed by atoms with Crippen LogP contribution in [-0.2, 0) is 9.59 Å². The van der Waals surface area contributed by atoms with E-state index in [1.54, 1.807) is 12.1 Å². The van der Waals surface area contributed by atoms with Crippen LogP contribution in [0.15, 0.2) is 48.8 Å². The van der Waals surface area contributed by atoms with Crippen molar-refractivity contribution in [2.75, 3.05) is 13.6 Å². The van der Waals surface area contributed by atoms with E-state index < -0.39 is 11.9 Å². The molecule has 28 heavy (non-hydrogen) atoms. The van der Waals surface area contributed by atoms with Crippen molar-refractivity contribution >= 4 is 23.5 Å². The number of aromatic hydroxyl groups is 1. The van der Waals surface area contributed by atoms with E-state index in [4.69, 9.17) is 21.8 Å². The van der Waals surface area contributed by atoms with Gasteiger partial charge in [-0.2, -0.15) is 0 Å².